The Morgan fingerprint density at radius 2 is 2.16 bits per heavy atom. The second-order valence-electron chi connectivity index (χ2n) is 3.99. The number of nitrogens with zero attached hydrogens (tertiary/aromatic N) is 2. The summed E-state index contributed by atoms with van der Waals surface area (Å²) in [6.07, 6.45) is 1.81. The zero-order valence-corrected chi connectivity index (χ0v) is 12.5. The molecule has 1 aliphatic rings. The van der Waals surface area contributed by atoms with Crippen molar-refractivity contribution in [2.24, 2.45) is 0 Å². The highest BCUT2D eigenvalue weighted by atomic mass is 127. The fraction of sp³-hybridized carbons (Fsp3) is 0.231. The van der Waals surface area contributed by atoms with Crippen LogP contribution >= 0.6 is 22.6 Å². The quantitative estimate of drug-likeness (QED) is 0.844. The van der Waals surface area contributed by atoms with Crippen molar-refractivity contribution >= 4 is 28.4 Å². The van der Waals surface area contributed by atoms with Crippen molar-refractivity contribution < 1.29 is 9.47 Å². The minimum Gasteiger partial charge on any atom is -0.454 e. The summed E-state index contributed by atoms with van der Waals surface area (Å²) in [4.78, 5) is 8.89. The van der Waals surface area contributed by atoms with E-state index in [0.29, 0.717) is 5.82 Å². The molecule has 2 heterocycles. The fourth-order valence-corrected chi connectivity index (χ4v) is 2.28. The van der Waals surface area contributed by atoms with Crippen molar-refractivity contribution in [2.45, 2.75) is 6.92 Å². The molecule has 5 nitrogen and oxygen atoms in total. The van der Waals surface area contributed by atoms with E-state index < -0.39 is 0 Å². The summed E-state index contributed by atoms with van der Waals surface area (Å²) in [7, 11) is 0. The van der Waals surface area contributed by atoms with Crippen molar-refractivity contribution in [2.75, 3.05) is 18.7 Å². The van der Waals surface area contributed by atoms with Crippen LogP contribution in [0.3, 0.4) is 0 Å². The largest absolute Gasteiger partial charge is 0.454 e. The Morgan fingerprint density at radius 1 is 1.32 bits per heavy atom. The maximum atomic E-state index is 5.37. The van der Waals surface area contributed by atoms with Crippen LogP contribution in [0.2, 0.25) is 0 Å². The lowest BCUT2D eigenvalue weighted by Gasteiger charge is -2.07. The molecule has 6 heteroatoms. The summed E-state index contributed by atoms with van der Waals surface area (Å²) in [5.41, 5.74) is 0.916. The molecular weight excluding hydrogens is 357 g/mol. The van der Waals surface area contributed by atoms with Crippen molar-refractivity contribution in [3.05, 3.63) is 28.0 Å². The summed E-state index contributed by atoms with van der Waals surface area (Å²) in [5.74, 6) is 3.03. The summed E-state index contributed by atoms with van der Waals surface area (Å²) in [5, 5.41) is 3.22. The molecule has 1 aromatic carbocycles. The van der Waals surface area contributed by atoms with Crippen LogP contribution in [0.25, 0.3) is 11.4 Å². The highest BCUT2D eigenvalue weighted by Gasteiger charge is 2.15. The third-order valence-corrected chi connectivity index (χ3v) is 3.51. The van der Waals surface area contributed by atoms with Crippen molar-refractivity contribution in [3.63, 3.8) is 0 Å². The molecule has 0 radical (unpaired) electrons. The van der Waals surface area contributed by atoms with Crippen molar-refractivity contribution in [3.8, 4) is 22.9 Å². The number of aromatic nitrogens is 2. The number of benzene rings is 1. The van der Waals surface area contributed by atoms with E-state index in [4.69, 9.17) is 9.47 Å². The monoisotopic (exact) mass is 369 g/mol. The van der Waals surface area contributed by atoms with E-state index in [9.17, 15) is 0 Å². The Hall–Kier alpha value is -1.57. The second kappa shape index (κ2) is 5.20. The first-order chi connectivity index (χ1) is 9.28. The van der Waals surface area contributed by atoms with Crippen LogP contribution in [0, 0.1) is 3.57 Å². The Labute approximate surface area is 124 Å². The van der Waals surface area contributed by atoms with Gasteiger partial charge in [-0.1, -0.05) is 0 Å². The van der Waals surface area contributed by atoms with E-state index in [1.807, 2.05) is 31.3 Å². The van der Waals surface area contributed by atoms with Gasteiger partial charge in [0.15, 0.2) is 17.3 Å². The van der Waals surface area contributed by atoms with E-state index in [2.05, 4.69) is 37.9 Å². The highest BCUT2D eigenvalue weighted by Crippen LogP contribution is 2.35. The molecule has 1 aromatic heterocycles. The van der Waals surface area contributed by atoms with E-state index in [0.717, 1.165) is 33.0 Å². The first-order valence-corrected chi connectivity index (χ1v) is 7.02. The van der Waals surface area contributed by atoms with Gasteiger partial charge < -0.3 is 14.8 Å². The number of halogens is 1. The van der Waals surface area contributed by atoms with Gasteiger partial charge in [0, 0.05) is 18.3 Å². The van der Waals surface area contributed by atoms with Gasteiger partial charge in [0.25, 0.3) is 0 Å². The molecule has 2 aromatic rings. The zero-order chi connectivity index (χ0) is 13.2. The van der Waals surface area contributed by atoms with Crippen LogP contribution < -0.4 is 14.8 Å². The van der Waals surface area contributed by atoms with Gasteiger partial charge in [0.2, 0.25) is 6.79 Å². The summed E-state index contributed by atoms with van der Waals surface area (Å²) in [6.45, 7) is 3.14. The van der Waals surface area contributed by atoms with Crippen LogP contribution in [0.1, 0.15) is 6.92 Å². The van der Waals surface area contributed by atoms with Gasteiger partial charge in [-0.25, -0.2) is 9.97 Å². The standard InChI is InChI=1S/C13H12IN3O2/c1-2-15-13-9(14)6-16-12(17-13)8-3-4-10-11(5-8)19-7-18-10/h3-6H,2,7H2,1H3,(H,15,16,17). The van der Waals surface area contributed by atoms with Gasteiger partial charge in [-0.15, -0.1) is 0 Å². The lowest BCUT2D eigenvalue weighted by molar-refractivity contribution is 0.174. The Balaban J connectivity index is 1.99. The number of fused-ring (bicyclic) bond motifs is 1. The first kappa shape index (κ1) is 12.5. The molecule has 98 valence electrons. The number of hydrogen-bond donors (Lipinski definition) is 1. The molecule has 19 heavy (non-hydrogen) atoms. The number of ether oxygens (including phenoxy) is 2. The molecule has 3 rings (SSSR count). The SMILES string of the molecule is CCNc1nc(-c2ccc3c(c2)OCO3)ncc1I. The maximum absolute atomic E-state index is 5.37. The number of nitrogens with one attached hydrogen (secondary N) is 1. The Morgan fingerprint density at radius 3 is 3.00 bits per heavy atom. The number of rotatable bonds is 3. The number of anilines is 1. The third kappa shape index (κ3) is 2.44. The fourth-order valence-electron chi connectivity index (χ4n) is 1.83. The van der Waals surface area contributed by atoms with Gasteiger partial charge in [0.1, 0.15) is 5.82 Å². The smallest absolute Gasteiger partial charge is 0.231 e. The maximum Gasteiger partial charge on any atom is 0.231 e. The van der Waals surface area contributed by atoms with E-state index in [1.54, 1.807) is 0 Å². The van der Waals surface area contributed by atoms with E-state index in [-0.39, 0.29) is 6.79 Å². The first-order valence-electron chi connectivity index (χ1n) is 5.94. The highest BCUT2D eigenvalue weighted by molar-refractivity contribution is 14.1. The predicted octanol–water partition coefficient (Wildman–Crippen LogP) is 2.91. The molecule has 0 fully saturated rings. The molecule has 0 unspecified atom stereocenters. The molecule has 0 atom stereocenters. The summed E-state index contributed by atoms with van der Waals surface area (Å²) < 4.78 is 11.7. The minimum absolute atomic E-state index is 0.273. The molecule has 1 aliphatic heterocycles. The molecule has 0 amide bonds. The summed E-state index contributed by atoms with van der Waals surface area (Å²) in [6, 6.07) is 5.72. The Bertz CT molecular complexity index is 619. The lowest BCUT2D eigenvalue weighted by Crippen LogP contribution is -2.03. The average molecular weight is 369 g/mol. The van der Waals surface area contributed by atoms with Crippen LogP contribution in [0.4, 0.5) is 5.82 Å². The lowest BCUT2D eigenvalue weighted by atomic mass is 10.2. The molecule has 0 saturated carbocycles. The van der Waals surface area contributed by atoms with Crippen LogP contribution in [0.5, 0.6) is 11.5 Å². The van der Waals surface area contributed by atoms with E-state index in [1.165, 1.54) is 0 Å². The zero-order valence-electron chi connectivity index (χ0n) is 10.3. The minimum atomic E-state index is 0.273. The van der Waals surface area contributed by atoms with Gasteiger partial charge in [-0.05, 0) is 47.7 Å². The average Bonchev–Trinajstić information content (AvgIpc) is 2.89. The summed E-state index contributed by atoms with van der Waals surface area (Å²) >= 11 is 2.22. The van der Waals surface area contributed by atoms with Crippen molar-refractivity contribution in [1.82, 2.24) is 9.97 Å². The molecule has 0 bridgehead atoms. The normalized spacial score (nSPS) is 12.5. The Kier molecular flexibility index (Phi) is 3.41. The van der Waals surface area contributed by atoms with Crippen LogP contribution in [-0.4, -0.2) is 23.3 Å². The van der Waals surface area contributed by atoms with Gasteiger partial charge in [0.05, 0.1) is 3.57 Å². The second-order valence-corrected chi connectivity index (χ2v) is 5.15. The predicted molar refractivity (Wildman–Crippen MR) is 80.5 cm³/mol. The van der Waals surface area contributed by atoms with Gasteiger partial charge >= 0.3 is 0 Å². The van der Waals surface area contributed by atoms with E-state index >= 15 is 0 Å². The topological polar surface area (TPSA) is 56.3 Å². The number of hydrogen-bond acceptors (Lipinski definition) is 5. The van der Waals surface area contributed by atoms with Crippen LogP contribution in [-0.2, 0) is 0 Å². The third-order valence-electron chi connectivity index (χ3n) is 2.72. The van der Waals surface area contributed by atoms with Gasteiger partial charge in [-0.2, -0.15) is 0 Å². The molecule has 0 saturated heterocycles. The molecule has 0 spiro atoms. The van der Waals surface area contributed by atoms with Crippen LogP contribution in [0.15, 0.2) is 24.4 Å². The van der Waals surface area contributed by atoms with Crippen molar-refractivity contribution in [1.29, 1.82) is 0 Å². The molecule has 0 aliphatic carbocycles. The van der Waals surface area contributed by atoms with Gasteiger partial charge in [-0.3, -0.25) is 0 Å². The molecular formula is C13H12IN3O2. The molecule has 1 N–H and O–H groups in total.